The average Bonchev–Trinajstić information content (AvgIpc) is 2.59. The molecule has 0 amide bonds. The van der Waals surface area contributed by atoms with Gasteiger partial charge in [0, 0.05) is 17.5 Å². The summed E-state index contributed by atoms with van der Waals surface area (Å²) in [6.07, 6.45) is 1.53. The molecule has 0 aromatic rings. The molecule has 1 heterocycles. The summed E-state index contributed by atoms with van der Waals surface area (Å²) in [5, 5.41) is 0. The standard InChI is InChI=1S/C8H14IN/c1-10-4-7(5-10)8-2-6(8)3-9/h6-8H,2-5H2,1H3. The second kappa shape index (κ2) is 2.63. The molecule has 0 N–H and O–H groups in total. The van der Waals surface area contributed by atoms with E-state index in [1.807, 2.05) is 0 Å². The number of likely N-dealkylation sites (tertiary alicyclic amines) is 1. The minimum absolute atomic E-state index is 1.07. The van der Waals surface area contributed by atoms with Gasteiger partial charge in [0.1, 0.15) is 0 Å². The molecular formula is C8H14IN. The fourth-order valence-electron chi connectivity index (χ4n) is 2.04. The van der Waals surface area contributed by atoms with E-state index in [0.717, 1.165) is 17.8 Å². The Labute approximate surface area is 76.3 Å². The van der Waals surface area contributed by atoms with Gasteiger partial charge in [-0.3, -0.25) is 0 Å². The summed E-state index contributed by atoms with van der Waals surface area (Å²) in [6.45, 7) is 2.75. The molecular weight excluding hydrogens is 237 g/mol. The van der Waals surface area contributed by atoms with Gasteiger partial charge in [-0.1, -0.05) is 22.6 Å². The van der Waals surface area contributed by atoms with E-state index >= 15 is 0 Å². The first-order valence-electron chi connectivity index (χ1n) is 4.05. The zero-order valence-electron chi connectivity index (χ0n) is 6.39. The molecule has 0 aromatic carbocycles. The van der Waals surface area contributed by atoms with E-state index in [2.05, 4.69) is 34.5 Å². The van der Waals surface area contributed by atoms with Gasteiger partial charge in [0.05, 0.1) is 0 Å². The van der Waals surface area contributed by atoms with Crippen molar-refractivity contribution in [2.24, 2.45) is 17.8 Å². The first-order valence-corrected chi connectivity index (χ1v) is 5.58. The van der Waals surface area contributed by atoms with Gasteiger partial charge in [-0.05, 0) is 31.2 Å². The van der Waals surface area contributed by atoms with Gasteiger partial charge in [0.25, 0.3) is 0 Å². The van der Waals surface area contributed by atoms with Crippen LogP contribution in [0, 0.1) is 17.8 Å². The van der Waals surface area contributed by atoms with Crippen LogP contribution in [0.3, 0.4) is 0 Å². The van der Waals surface area contributed by atoms with Crippen LogP contribution >= 0.6 is 22.6 Å². The van der Waals surface area contributed by atoms with Crippen molar-refractivity contribution in [3.05, 3.63) is 0 Å². The summed E-state index contributed by atoms with van der Waals surface area (Å²) in [5.41, 5.74) is 0. The Hall–Kier alpha value is 0.690. The van der Waals surface area contributed by atoms with Crippen LogP contribution in [-0.4, -0.2) is 29.5 Å². The molecule has 2 heteroatoms. The lowest BCUT2D eigenvalue weighted by atomic mass is 9.94. The molecule has 0 spiro atoms. The maximum Gasteiger partial charge on any atom is 0.00265 e. The Morgan fingerprint density at radius 3 is 2.60 bits per heavy atom. The third-order valence-corrected chi connectivity index (χ3v) is 4.00. The van der Waals surface area contributed by atoms with Crippen molar-refractivity contribution < 1.29 is 0 Å². The van der Waals surface area contributed by atoms with Crippen molar-refractivity contribution >= 4 is 22.6 Å². The molecule has 2 aliphatic rings. The van der Waals surface area contributed by atoms with E-state index in [4.69, 9.17) is 0 Å². The largest absolute Gasteiger partial charge is 0.306 e. The van der Waals surface area contributed by atoms with Crippen LogP contribution < -0.4 is 0 Å². The van der Waals surface area contributed by atoms with Crippen molar-refractivity contribution in [2.75, 3.05) is 24.6 Å². The van der Waals surface area contributed by atoms with Crippen LogP contribution in [0.2, 0.25) is 0 Å². The quantitative estimate of drug-likeness (QED) is 0.532. The van der Waals surface area contributed by atoms with Crippen LogP contribution in [0.5, 0.6) is 0 Å². The third-order valence-electron chi connectivity index (χ3n) is 2.87. The smallest absolute Gasteiger partial charge is 0.00265 e. The molecule has 2 unspecified atom stereocenters. The van der Waals surface area contributed by atoms with Crippen LogP contribution in [0.15, 0.2) is 0 Å². The minimum Gasteiger partial charge on any atom is -0.306 e. The molecule has 1 saturated carbocycles. The van der Waals surface area contributed by atoms with Crippen molar-refractivity contribution in [3.8, 4) is 0 Å². The maximum atomic E-state index is 2.52. The van der Waals surface area contributed by atoms with Gasteiger partial charge in [0.2, 0.25) is 0 Å². The van der Waals surface area contributed by atoms with Crippen LogP contribution in [-0.2, 0) is 0 Å². The fraction of sp³-hybridized carbons (Fsp3) is 1.00. The molecule has 2 fully saturated rings. The number of hydrogen-bond donors (Lipinski definition) is 0. The fourth-order valence-corrected chi connectivity index (χ4v) is 3.06. The summed E-state index contributed by atoms with van der Waals surface area (Å²) in [6, 6.07) is 0. The van der Waals surface area contributed by atoms with Gasteiger partial charge < -0.3 is 4.90 Å². The molecule has 1 saturated heterocycles. The van der Waals surface area contributed by atoms with Crippen LogP contribution in [0.25, 0.3) is 0 Å². The summed E-state index contributed by atoms with van der Waals surface area (Å²) < 4.78 is 1.39. The summed E-state index contributed by atoms with van der Waals surface area (Å²) in [5.74, 6) is 3.29. The summed E-state index contributed by atoms with van der Waals surface area (Å²) >= 11 is 2.52. The summed E-state index contributed by atoms with van der Waals surface area (Å²) in [7, 11) is 2.22. The number of halogens is 1. The lowest BCUT2D eigenvalue weighted by Gasteiger charge is -2.36. The van der Waals surface area contributed by atoms with E-state index < -0.39 is 0 Å². The van der Waals surface area contributed by atoms with Crippen molar-refractivity contribution in [3.63, 3.8) is 0 Å². The number of rotatable bonds is 2. The zero-order chi connectivity index (χ0) is 7.14. The van der Waals surface area contributed by atoms with Crippen molar-refractivity contribution in [2.45, 2.75) is 6.42 Å². The average molecular weight is 251 g/mol. The maximum absolute atomic E-state index is 2.52. The topological polar surface area (TPSA) is 3.24 Å². The van der Waals surface area contributed by atoms with E-state index in [9.17, 15) is 0 Å². The highest BCUT2D eigenvalue weighted by Crippen LogP contribution is 2.47. The lowest BCUT2D eigenvalue weighted by molar-refractivity contribution is 0.113. The molecule has 1 aliphatic carbocycles. The Morgan fingerprint density at radius 1 is 1.50 bits per heavy atom. The minimum atomic E-state index is 1.07. The Kier molecular flexibility index (Phi) is 1.93. The molecule has 10 heavy (non-hydrogen) atoms. The van der Waals surface area contributed by atoms with Crippen LogP contribution in [0.4, 0.5) is 0 Å². The molecule has 0 radical (unpaired) electrons. The van der Waals surface area contributed by atoms with Gasteiger partial charge in [-0.15, -0.1) is 0 Å². The van der Waals surface area contributed by atoms with Crippen molar-refractivity contribution in [1.82, 2.24) is 4.90 Å². The van der Waals surface area contributed by atoms with Crippen LogP contribution in [0.1, 0.15) is 6.42 Å². The first-order chi connectivity index (χ1) is 4.81. The molecule has 0 bridgehead atoms. The Morgan fingerprint density at radius 2 is 2.20 bits per heavy atom. The summed E-state index contributed by atoms with van der Waals surface area (Å²) in [4.78, 5) is 2.42. The first kappa shape index (κ1) is 7.35. The lowest BCUT2D eigenvalue weighted by Crippen LogP contribution is -2.45. The third kappa shape index (κ3) is 1.20. The molecule has 1 nitrogen and oxygen atoms in total. The number of hydrogen-bond acceptors (Lipinski definition) is 1. The predicted octanol–water partition coefficient (Wildman–Crippen LogP) is 1.62. The highest BCUT2D eigenvalue weighted by Gasteiger charge is 2.45. The van der Waals surface area contributed by atoms with E-state index in [0.29, 0.717) is 0 Å². The predicted molar refractivity (Wildman–Crippen MR) is 51.5 cm³/mol. The monoisotopic (exact) mass is 251 g/mol. The molecule has 58 valence electrons. The number of alkyl halides is 1. The molecule has 0 aromatic heterocycles. The molecule has 2 rings (SSSR count). The molecule has 1 aliphatic heterocycles. The van der Waals surface area contributed by atoms with E-state index in [-0.39, 0.29) is 0 Å². The highest BCUT2D eigenvalue weighted by molar-refractivity contribution is 14.1. The van der Waals surface area contributed by atoms with Gasteiger partial charge in [-0.2, -0.15) is 0 Å². The van der Waals surface area contributed by atoms with E-state index in [1.165, 1.54) is 23.9 Å². The zero-order valence-corrected chi connectivity index (χ0v) is 8.54. The van der Waals surface area contributed by atoms with E-state index in [1.54, 1.807) is 0 Å². The normalized spacial score (nSPS) is 41.4. The van der Waals surface area contributed by atoms with Gasteiger partial charge >= 0.3 is 0 Å². The molecule has 2 atom stereocenters. The highest BCUT2D eigenvalue weighted by atomic mass is 127. The number of nitrogens with zero attached hydrogens (tertiary/aromatic N) is 1. The van der Waals surface area contributed by atoms with Gasteiger partial charge in [0.15, 0.2) is 0 Å². The van der Waals surface area contributed by atoms with Gasteiger partial charge in [-0.25, -0.2) is 0 Å². The SMILES string of the molecule is CN1CC(C2CC2CI)C1. The second-order valence-corrected chi connectivity index (χ2v) is 4.68. The Bertz CT molecular complexity index is 131. The van der Waals surface area contributed by atoms with Crippen molar-refractivity contribution in [1.29, 1.82) is 0 Å². The Balaban J connectivity index is 1.73. The second-order valence-electron chi connectivity index (χ2n) is 3.80.